The van der Waals surface area contributed by atoms with Gasteiger partial charge in [0.2, 0.25) is 0 Å². The maximum atomic E-state index is 5.26. The molecule has 4 nitrogen and oxygen atoms in total. The first-order valence-electron chi connectivity index (χ1n) is 6.74. The number of aromatic nitrogens is 1. The van der Waals surface area contributed by atoms with Gasteiger partial charge in [0, 0.05) is 36.4 Å². The smallest absolute Gasteiger partial charge is 0.133 e. The van der Waals surface area contributed by atoms with Gasteiger partial charge in [-0.1, -0.05) is 6.92 Å². The van der Waals surface area contributed by atoms with Crippen molar-refractivity contribution in [1.82, 2.24) is 10.3 Å². The fourth-order valence-electron chi connectivity index (χ4n) is 2.12. The van der Waals surface area contributed by atoms with Crippen LogP contribution in [-0.2, 0) is 11.3 Å². The van der Waals surface area contributed by atoms with Crippen molar-refractivity contribution < 1.29 is 4.74 Å². The highest BCUT2D eigenvalue weighted by molar-refractivity contribution is 9.10. The van der Waals surface area contributed by atoms with Crippen LogP contribution in [-0.4, -0.2) is 37.8 Å². The number of rotatable bonds is 8. The highest BCUT2D eigenvalue weighted by Gasteiger charge is 2.17. The molecule has 0 aromatic carbocycles. The van der Waals surface area contributed by atoms with Crippen molar-refractivity contribution >= 4 is 21.7 Å². The van der Waals surface area contributed by atoms with Crippen LogP contribution in [0.1, 0.15) is 26.3 Å². The van der Waals surface area contributed by atoms with Gasteiger partial charge < -0.3 is 15.0 Å². The van der Waals surface area contributed by atoms with E-state index in [-0.39, 0.29) is 0 Å². The van der Waals surface area contributed by atoms with Crippen LogP contribution < -0.4 is 10.2 Å². The summed E-state index contributed by atoms with van der Waals surface area (Å²) in [5, 5.41) is 3.36. The van der Waals surface area contributed by atoms with Crippen LogP contribution in [0.2, 0.25) is 0 Å². The Morgan fingerprint density at radius 3 is 2.79 bits per heavy atom. The summed E-state index contributed by atoms with van der Waals surface area (Å²) in [5.41, 5.74) is 1.21. The Hall–Kier alpha value is -0.650. The number of hydrogen-bond acceptors (Lipinski definition) is 4. The van der Waals surface area contributed by atoms with Crippen molar-refractivity contribution in [3.63, 3.8) is 0 Å². The lowest BCUT2D eigenvalue weighted by molar-refractivity contribution is 0.181. The number of pyridine rings is 1. The van der Waals surface area contributed by atoms with Gasteiger partial charge in [-0.2, -0.15) is 0 Å². The minimum atomic E-state index is 0.309. The van der Waals surface area contributed by atoms with Gasteiger partial charge in [0.1, 0.15) is 5.82 Å². The van der Waals surface area contributed by atoms with Gasteiger partial charge in [-0.05, 0) is 42.4 Å². The van der Waals surface area contributed by atoms with Crippen molar-refractivity contribution in [3.8, 4) is 0 Å². The van der Waals surface area contributed by atoms with Gasteiger partial charge in [0.25, 0.3) is 0 Å². The van der Waals surface area contributed by atoms with Crippen LogP contribution in [0.3, 0.4) is 0 Å². The van der Waals surface area contributed by atoms with E-state index in [0.29, 0.717) is 12.6 Å². The van der Waals surface area contributed by atoms with Crippen molar-refractivity contribution in [1.29, 1.82) is 0 Å². The maximum absolute atomic E-state index is 5.26. The molecule has 1 aromatic rings. The molecule has 0 saturated heterocycles. The van der Waals surface area contributed by atoms with E-state index in [2.05, 4.69) is 58.0 Å². The van der Waals surface area contributed by atoms with Gasteiger partial charge in [0.05, 0.1) is 12.6 Å². The number of nitrogens with one attached hydrogen (secondary N) is 1. The van der Waals surface area contributed by atoms with Crippen LogP contribution >= 0.6 is 15.9 Å². The van der Waals surface area contributed by atoms with Crippen LogP contribution in [0.4, 0.5) is 5.82 Å². The lowest BCUT2D eigenvalue weighted by Crippen LogP contribution is -2.37. The third-order valence-corrected chi connectivity index (χ3v) is 3.46. The van der Waals surface area contributed by atoms with Crippen LogP contribution in [0, 0.1) is 0 Å². The summed E-state index contributed by atoms with van der Waals surface area (Å²) in [5.74, 6) is 1.04. The first kappa shape index (κ1) is 16.4. The molecule has 0 aliphatic carbocycles. The maximum Gasteiger partial charge on any atom is 0.133 e. The minimum absolute atomic E-state index is 0.309. The number of ether oxygens (including phenoxy) is 1. The zero-order chi connectivity index (χ0) is 14.3. The summed E-state index contributed by atoms with van der Waals surface area (Å²) in [4.78, 5) is 6.87. The first-order valence-corrected chi connectivity index (χ1v) is 7.54. The molecular formula is C14H24BrN3O. The van der Waals surface area contributed by atoms with Crippen LogP contribution in [0.5, 0.6) is 0 Å². The molecule has 0 aliphatic rings. The van der Waals surface area contributed by atoms with Gasteiger partial charge in [-0.3, -0.25) is 0 Å². The van der Waals surface area contributed by atoms with Crippen molar-refractivity contribution in [2.75, 3.05) is 31.7 Å². The third-order valence-electron chi connectivity index (χ3n) is 3.03. The Morgan fingerprint density at radius 2 is 2.21 bits per heavy atom. The Balaban J connectivity index is 3.00. The summed E-state index contributed by atoms with van der Waals surface area (Å²) >= 11 is 3.49. The Kier molecular flexibility index (Phi) is 7.34. The Bertz CT molecular complexity index is 387. The van der Waals surface area contributed by atoms with E-state index < -0.39 is 0 Å². The molecule has 1 rings (SSSR count). The lowest BCUT2D eigenvalue weighted by atomic mass is 10.2. The number of likely N-dealkylation sites (N-methyl/N-ethyl adjacent to an activating group) is 1. The molecule has 0 fully saturated rings. The summed E-state index contributed by atoms with van der Waals surface area (Å²) < 4.78 is 6.27. The molecule has 0 radical (unpaired) electrons. The van der Waals surface area contributed by atoms with Gasteiger partial charge in [-0.25, -0.2) is 4.98 Å². The molecule has 0 saturated carbocycles. The fraction of sp³-hybridized carbons (Fsp3) is 0.643. The number of nitrogens with zero attached hydrogens (tertiary/aromatic N) is 2. The van der Waals surface area contributed by atoms with E-state index in [1.165, 1.54) is 5.56 Å². The molecule has 0 spiro atoms. The SMILES string of the molecule is CCNCc1cc(Br)cnc1N(CC)C(C)COC. The molecule has 1 N–H and O–H groups in total. The standard InChI is InChI=1S/C14H24BrN3O/c1-5-16-8-12-7-13(15)9-17-14(12)18(6-2)11(3)10-19-4/h7,9,11,16H,5-6,8,10H2,1-4H3. The van der Waals surface area contributed by atoms with Crippen LogP contribution in [0.15, 0.2) is 16.7 Å². The summed E-state index contributed by atoms with van der Waals surface area (Å²) in [6.07, 6.45) is 1.85. The minimum Gasteiger partial charge on any atom is -0.383 e. The third kappa shape index (κ3) is 4.75. The fourth-order valence-corrected chi connectivity index (χ4v) is 2.50. The largest absolute Gasteiger partial charge is 0.383 e. The van der Waals surface area contributed by atoms with E-state index in [9.17, 15) is 0 Å². The van der Waals surface area contributed by atoms with E-state index in [0.717, 1.165) is 29.9 Å². The van der Waals surface area contributed by atoms with E-state index >= 15 is 0 Å². The summed E-state index contributed by atoms with van der Waals surface area (Å²) in [6.45, 7) is 9.81. The topological polar surface area (TPSA) is 37.4 Å². The quantitative estimate of drug-likeness (QED) is 0.795. The second-order valence-corrected chi connectivity index (χ2v) is 5.42. The first-order chi connectivity index (χ1) is 9.13. The van der Waals surface area contributed by atoms with Crippen molar-refractivity contribution in [3.05, 3.63) is 22.3 Å². The average molecular weight is 330 g/mol. The van der Waals surface area contributed by atoms with Gasteiger partial charge in [-0.15, -0.1) is 0 Å². The molecule has 0 amide bonds. The summed E-state index contributed by atoms with van der Waals surface area (Å²) in [6, 6.07) is 2.44. The zero-order valence-electron chi connectivity index (χ0n) is 12.2. The number of methoxy groups -OCH3 is 1. The number of halogens is 1. The molecule has 19 heavy (non-hydrogen) atoms. The van der Waals surface area contributed by atoms with Crippen molar-refractivity contribution in [2.45, 2.75) is 33.4 Å². The van der Waals surface area contributed by atoms with Gasteiger partial charge in [0.15, 0.2) is 0 Å². The second-order valence-electron chi connectivity index (χ2n) is 4.51. The predicted molar refractivity (Wildman–Crippen MR) is 83.7 cm³/mol. The molecule has 0 bridgehead atoms. The highest BCUT2D eigenvalue weighted by atomic mass is 79.9. The van der Waals surface area contributed by atoms with E-state index in [4.69, 9.17) is 4.74 Å². The van der Waals surface area contributed by atoms with E-state index in [1.54, 1.807) is 7.11 Å². The Morgan fingerprint density at radius 1 is 1.47 bits per heavy atom. The molecule has 0 aliphatic heterocycles. The zero-order valence-corrected chi connectivity index (χ0v) is 13.8. The molecule has 1 atom stereocenters. The lowest BCUT2D eigenvalue weighted by Gasteiger charge is -2.30. The van der Waals surface area contributed by atoms with E-state index in [1.807, 2.05) is 6.20 Å². The second kappa shape index (κ2) is 8.51. The van der Waals surface area contributed by atoms with Crippen molar-refractivity contribution in [2.24, 2.45) is 0 Å². The predicted octanol–water partition coefficient (Wildman–Crippen LogP) is 2.81. The van der Waals surface area contributed by atoms with Gasteiger partial charge >= 0.3 is 0 Å². The monoisotopic (exact) mass is 329 g/mol. The number of hydrogen-bond donors (Lipinski definition) is 1. The molecule has 1 heterocycles. The number of anilines is 1. The Labute approximate surface area is 124 Å². The average Bonchev–Trinajstić information content (AvgIpc) is 2.39. The molecular weight excluding hydrogens is 306 g/mol. The van der Waals surface area contributed by atoms with Crippen LogP contribution in [0.25, 0.3) is 0 Å². The normalized spacial score (nSPS) is 12.5. The highest BCUT2D eigenvalue weighted by Crippen LogP contribution is 2.23. The molecule has 108 valence electrons. The summed E-state index contributed by atoms with van der Waals surface area (Å²) in [7, 11) is 1.74. The molecule has 1 unspecified atom stereocenters. The molecule has 5 heteroatoms. The molecule has 1 aromatic heterocycles.